The molecule has 1 aliphatic rings. The van der Waals surface area contributed by atoms with Crippen molar-refractivity contribution in [1.82, 2.24) is 10.2 Å². The van der Waals surface area contributed by atoms with E-state index in [2.05, 4.69) is 37.9 Å². The van der Waals surface area contributed by atoms with Crippen molar-refractivity contribution in [3.8, 4) is 0 Å². The summed E-state index contributed by atoms with van der Waals surface area (Å²) in [6.45, 7) is 11.3. The summed E-state index contributed by atoms with van der Waals surface area (Å²) in [6.07, 6.45) is 4.04. The van der Waals surface area contributed by atoms with Crippen LogP contribution >= 0.6 is 0 Å². The molecule has 1 fully saturated rings. The Hall–Kier alpha value is -0.120. The number of hydrogen-bond acceptors (Lipinski definition) is 3. The summed E-state index contributed by atoms with van der Waals surface area (Å²) >= 11 is 0. The molecule has 1 heterocycles. The minimum absolute atomic E-state index is 0.117. The lowest BCUT2D eigenvalue weighted by Gasteiger charge is -2.43. The van der Waals surface area contributed by atoms with Crippen LogP contribution in [-0.4, -0.2) is 49.8 Å². The third-order valence-electron chi connectivity index (χ3n) is 4.82. The van der Waals surface area contributed by atoms with E-state index in [0.717, 1.165) is 12.5 Å². The minimum Gasteiger partial charge on any atom is -0.377 e. The standard InChI is InChI=1S/C15H32N2O/c1-7-13-9-8-12(2)17(10-13)11-14(16-5)15(3,4)18-6/h12-14,16H,7-11H2,1-6H3. The molecule has 0 radical (unpaired) electrons. The van der Waals surface area contributed by atoms with Crippen molar-refractivity contribution in [2.45, 2.75) is 64.6 Å². The number of nitrogens with one attached hydrogen (secondary N) is 1. The first-order valence-corrected chi connectivity index (χ1v) is 7.41. The van der Waals surface area contributed by atoms with E-state index in [1.165, 1.54) is 25.8 Å². The molecule has 3 unspecified atom stereocenters. The van der Waals surface area contributed by atoms with Crippen molar-refractivity contribution >= 4 is 0 Å². The molecule has 18 heavy (non-hydrogen) atoms. The molecule has 0 aliphatic carbocycles. The zero-order chi connectivity index (χ0) is 13.8. The van der Waals surface area contributed by atoms with Crippen molar-refractivity contribution < 1.29 is 4.74 Å². The minimum atomic E-state index is -0.117. The van der Waals surface area contributed by atoms with Crippen LogP contribution in [0.25, 0.3) is 0 Å². The van der Waals surface area contributed by atoms with Gasteiger partial charge in [0.05, 0.1) is 5.60 Å². The Balaban J connectivity index is 2.62. The highest BCUT2D eigenvalue weighted by atomic mass is 16.5. The largest absolute Gasteiger partial charge is 0.377 e. The van der Waals surface area contributed by atoms with Gasteiger partial charge in [0, 0.05) is 32.3 Å². The van der Waals surface area contributed by atoms with E-state index in [4.69, 9.17) is 4.74 Å². The van der Waals surface area contributed by atoms with E-state index in [9.17, 15) is 0 Å². The van der Waals surface area contributed by atoms with Gasteiger partial charge in [-0.3, -0.25) is 4.90 Å². The Kier molecular flexibility index (Phi) is 6.09. The molecule has 0 aromatic heterocycles. The number of ether oxygens (including phenoxy) is 1. The van der Waals surface area contributed by atoms with Crippen LogP contribution in [0.3, 0.4) is 0 Å². The van der Waals surface area contributed by atoms with Crippen LogP contribution in [0.5, 0.6) is 0 Å². The third-order valence-corrected chi connectivity index (χ3v) is 4.82. The highest BCUT2D eigenvalue weighted by Crippen LogP contribution is 2.25. The molecule has 0 aromatic rings. The predicted octanol–water partition coefficient (Wildman–Crippen LogP) is 2.51. The molecule has 108 valence electrons. The van der Waals surface area contributed by atoms with Gasteiger partial charge in [-0.15, -0.1) is 0 Å². The summed E-state index contributed by atoms with van der Waals surface area (Å²) in [7, 11) is 3.84. The van der Waals surface area contributed by atoms with E-state index < -0.39 is 0 Å². The monoisotopic (exact) mass is 256 g/mol. The number of likely N-dealkylation sites (N-methyl/N-ethyl adjacent to an activating group) is 1. The number of rotatable bonds is 6. The van der Waals surface area contributed by atoms with Crippen molar-refractivity contribution in [2.75, 3.05) is 27.2 Å². The summed E-state index contributed by atoms with van der Waals surface area (Å²) in [6, 6.07) is 1.08. The summed E-state index contributed by atoms with van der Waals surface area (Å²) in [5.74, 6) is 0.879. The van der Waals surface area contributed by atoms with Crippen LogP contribution in [0.2, 0.25) is 0 Å². The molecule has 3 nitrogen and oxygen atoms in total. The normalized spacial score (nSPS) is 28.3. The SMILES string of the molecule is CCC1CCC(C)N(CC(NC)C(C)(C)OC)C1. The number of nitrogens with zero attached hydrogens (tertiary/aromatic N) is 1. The van der Waals surface area contributed by atoms with E-state index >= 15 is 0 Å². The fourth-order valence-electron chi connectivity index (χ4n) is 2.89. The molecule has 0 spiro atoms. The van der Waals surface area contributed by atoms with Crippen molar-refractivity contribution in [3.05, 3.63) is 0 Å². The molecule has 1 saturated heterocycles. The topological polar surface area (TPSA) is 24.5 Å². The molecule has 0 aromatic carbocycles. The Morgan fingerprint density at radius 1 is 1.39 bits per heavy atom. The maximum Gasteiger partial charge on any atom is 0.0787 e. The smallest absolute Gasteiger partial charge is 0.0787 e. The van der Waals surface area contributed by atoms with Gasteiger partial charge >= 0.3 is 0 Å². The van der Waals surface area contributed by atoms with Gasteiger partial charge in [-0.2, -0.15) is 0 Å². The average Bonchev–Trinajstić information content (AvgIpc) is 2.37. The second-order valence-electron chi connectivity index (χ2n) is 6.30. The van der Waals surface area contributed by atoms with Crippen LogP contribution in [0.4, 0.5) is 0 Å². The third kappa shape index (κ3) is 3.94. The number of hydrogen-bond donors (Lipinski definition) is 1. The van der Waals surface area contributed by atoms with Gasteiger partial charge in [0.25, 0.3) is 0 Å². The van der Waals surface area contributed by atoms with E-state index in [-0.39, 0.29) is 5.60 Å². The molecule has 3 heteroatoms. The van der Waals surface area contributed by atoms with Gasteiger partial charge in [0.1, 0.15) is 0 Å². The van der Waals surface area contributed by atoms with Gasteiger partial charge in [0.15, 0.2) is 0 Å². The van der Waals surface area contributed by atoms with Crippen LogP contribution in [0.1, 0.15) is 47.0 Å². The molecular formula is C15H32N2O. The van der Waals surface area contributed by atoms with E-state index in [0.29, 0.717) is 12.1 Å². The van der Waals surface area contributed by atoms with Crippen molar-refractivity contribution in [2.24, 2.45) is 5.92 Å². The summed E-state index contributed by atoms with van der Waals surface area (Å²) in [4.78, 5) is 2.64. The van der Waals surface area contributed by atoms with Crippen LogP contribution in [0, 0.1) is 5.92 Å². The van der Waals surface area contributed by atoms with E-state index in [1.807, 2.05) is 7.05 Å². The number of piperidine rings is 1. The van der Waals surface area contributed by atoms with Crippen molar-refractivity contribution in [1.29, 1.82) is 0 Å². The fraction of sp³-hybridized carbons (Fsp3) is 1.00. The fourth-order valence-corrected chi connectivity index (χ4v) is 2.89. The molecule has 0 saturated carbocycles. The van der Waals surface area contributed by atoms with Crippen molar-refractivity contribution in [3.63, 3.8) is 0 Å². The lowest BCUT2D eigenvalue weighted by atomic mass is 9.89. The average molecular weight is 256 g/mol. The Labute approximate surface area is 113 Å². The number of methoxy groups -OCH3 is 1. The first-order valence-electron chi connectivity index (χ1n) is 7.41. The molecule has 0 bridgehead atoms. The zero-order valence-corrected chi connectivity index (χ0v) is 13.1. The predicted molar refractivity (Wildman–Crippen MR) is 78.0 cm³/mol. The molecule has 1 N–H and O–H groups in total. The lowest BCUT2D eigenvalue weighted by molar-refractivity contribution is -0.0266. The quantitative estimate of drug-likeness (QED) is 0.790. The second kappa shape index (κ2) is 6.88. The van der Waals surface area contributed by atoms with Crippen LogP contribution in [0.15, 0.2) is 0 Å². The maximum absolute atomic E-state index is 5.63. The summed E-state index contributed by atoms with van der Waals surface area (Å²) in [5.41, 5.74) is -0.117. The molecule has 1 rings (SSSR count). The lowest BCUT2D eigenvalue weighted by Crippen LogP contribution is -2.56. The van der Waals surface area contributed by atoms with Crippen LogP contribution < -0.4 is 5.32 Å². The summed E-state index contributed by atoms with van der Waals surface area (Å²) in [5, 5.41) is 3.43. The van der Waals surface area contributed by atoms with Gasteiger partial charge in [-0.1, -0.05) is 13.3 Å². The Morgan fingerprint density at radius 2 is 2.06 bits per heavy atom. The Bertz CT molecular complexity index is 243. The van der Waals surface area contributed by atoms with Gasteiger partial charge in [0.2, 0.25) is 0 Å². The van der Waals surface area contributed by atoms with Crippen LogP contribution in [-0.2, 0) is 4.74 Å². The zero-order valence-electron chi connectivity index (χ0n) is 13.1. The second-order valence-corrected chi connectivity index (χ2v) is 6.30. The van der Waals surface area contributed by atoms with Gasteiger partial charge in [-0.25, -0.2) is 0 Å². The molecule has 1 aliphatic heterocycles. The van der Waals surface area contributed by atoms with Gasteiger partial charge < -0.3 is 10.1 Å². The highest BCUT2D eigenvalue weighted by molar-refractivity contribution is 4.90. The highest BCUT2D eigenvalue weighted by Gasteiger charge is 2.33. The van der Waals surface area contributed by atoms with E-state index in [1.54, 1.807) is 7.11 Å². The Morgan fingerprint density at radius 3 is 2.56 bits per heavy atom. The summed E-state index contributed by atoms with van der Waals surface area (Å²) < 4.78 is 5.63. The maximum atomic E-state index is 5.63. The molecule has 3 atom stereocenters. The molecule has 0 amide bonds. The first kappa shape index (κ1) is 15.9. The molecular weight excluding hydrogens is 224 g/mol. The number of likely N-dealkylation sites (tertiary alicyclic amines) is 1. The van der Waals surface area contributed by atoms with Gasteiger partial charge in [-0.05, 0) is 46.6 Å². The first-order chi connectivity index (χ1) is 8.44.